The van der Waals surface area contributed by atoms with Crippen LogP contribution in [0.3, 0.4) is 0 Å². The topological polar surface area (TPSA) is 145 Å². The highest BCUT2D eigenvalue weighted by Gasteiger charge is 2.13. The summed E-state index contributed by atoms with van der Waals surface area (Å²) in [7, 11) is -3.38. The Hall–Kier alpha value is -3.55. The highest BCUT2D eigenvalue weighted by molar-refractivity contribution is 7.90. The number of nitrogens with one attached hydrogen (secondary N) is 1. The summed E-state index contributed by atoms with van der Waals surface area (Å²) in [5.41, 5.74) is 7.22. The van der Waals surface area contributed by atoms with Crippen molar-refractivity contribution in [3.05, 3.63) is 71.0 Å². The first kappa shape index (κ1) is 20.8. The van der Waals surface area contributed by atoms with Gasteiger partial charge in [-0.3, -0.25) is 5.43 Å². The van der Waals surface area contributed by atoms with E-state index in [4.69, 9.17) is 21.4 Å². The van der Waals surface area contributed by atoms with Gasteiger partial charge in [0, 0.05) is 23.4 Å². The molecule has 0 aromatic heterocycles. The van der Waals surface area contributed by atoms with Crippen LogP contribution in [0.1, 0.15) is 11.1 Å². The zero-order chi connectivity index (χ0) is 20.9. The Morgan fingerprint density at radius 2 is 1.86 bits per heavy atom. The molecule has 0 aliphatic rings. The first-order valence-electron chi connectivity index (χ1n) is 7.60. The number of carbonyl (C=O) groups is 1. The smallest absolute Gasteiger partial charge is 0.357 e. The summed E-state index contributed by atoms with van der Waals surface area (Å²) in [4.78, 5) is 11.0. The van der Waals surface area contributed by atoms with Crippen molar-refractivity contribution < 1.29 is 27.4 Å². The third-order valence-electron chi connectivity index (χ3n) is 3.31. The lowest BCUT2D eigenvalue weighted by molar-refractivity contribution is -0.132. The molecule has 8 nitrogen and oxygen atoms in total. The first-order chi connectivity index (χ1) is 13.1. The molecule has 146 valence electrons. The number of carboxylic acid groups (broad SMARTS) is 1. The van der Waals surface area contributed by atoms with Crippen LogP contribution < -0.4 is 21.7 Å². The summed E-state index contributed by atoms with van der Waals surface area (Å²) in [5, 5.41) is 8.86. The van der Waals surface area contributed by atoms with Crippen LogP contribution in [0.4, 0.5) is 4.39 Å². The van der Waals surface area contributed by atoms with Gasteiger partial charge in [-0.2, -0.15) is 0 Å². The molecule has 2 aromatic carbocycles. The number of hydrazine groups is 1. The molecular formula is C18H16FN3O5S. The Morgan fingerprint density at radius 1 is 1.18 bits per heavy atom. The van der Waals surface area contributed by atoms with Crippen molar-refractivity contribution in [2.45, 2.75) is 4.90 Å². The normalized spacial score (nSPS) is 11.7. The zero-order valence-corrected chi connectivity index (χ0v) is 15.4. The number of carboxylic acids is 1. The zero-order valence-electron chi connectivity index (χ0n) is 14.6. The van der Waals surface area contributed by atoms with Crippen molar-refractivity contribution >= 4 is 15.8 Å². The minimum absolute atomic E-state index is 0.0914. The molecular weight excluding hydrogens is 389 g/mol. The quantitative estimate of drug-likeness (QED) is 0.187. The largest absolute Gasteiger partial charge is 0.476 e. The number of hydrogen-bond acceptors (Lipinski definition) is 7. The molecule has 0 radical (unpaired) electrons. The van der Waals surface area contributed by atoms with Crippen LogP contribution in [0.5, 0.6) is 5.75 Å². The Bertz CT molecular complexity index is 1120. The van der Waals surface area contributed by atoms with Crippen molar-refractivity contribution in [3.63, 3.8) is 0 Å². The van der Waals surface area contributed by atoms with Crippen LogP contribution in [-0.2, 0) is 14.6 Å². The molecule has 0 saturated carbocycles. The third kappa shape index (κ3) is 5.47. The van der Waals surface area contributed by atoms with Crippen molar-refractivity contribution in [1.29, 1.82) is 0 Å². The molecule has 28 heavy (non-hydrogen) atoms. The highest BCUT2D eigenvalue weighted by Crippen LogP contribution is 2.18. The standard InChI is InChI=1S/C18H16FN3O5S/c1-28(25,26)15-4-2-3-11(9-15)5-6-12-7-13(19)10-14(8-12)27-17(22-21)16(20)18(23)24/h2-4,7-10,22H,20-21H2,1H3,(H,23,24)/b17-16+. The number of ether oxygens (including phenoxy) is 1. The maximum atomic E-state index is 13.8. The Kier molecular flexibility index (Phi) is 6.25. The van der Waals surface area contributed by atoms with E-state index in [-0.39, 0.29) is 16.2 Å². The van der Waals surface area contributed by atoms with Gasteiger partial charge in [-0.1, -0.05) is 17.9 Å². The Labute approximate surface area is 160 Å². The summed E-state index contributed by atoms with van der Waals surface area (Å²) in [6.45, 7) is 0. The van der Waals surface area contributed by atoms with Crippen LogP contribution in [0.15, 0.2) is 58.9 Å². The summed E-state index contributed by atoms with van der Waals surface area (Å²) in [6, 6.07) is 9.43. The fourth-order valence-electron chi connectivity index (χ4n) is 2.02. The number of benzene rings is 2. The van der Waals surface area contributed by atoms with Gasteiger partial charge in [-0.05, 0) is 30.3 Å². The summed E-state index contributed by atoms with van der Waals surface area (Å²) >= 11 is 0. The Balaban J connectivity index is 2.37. The molecule has 2 rings (SSSR count). The minimum atomic E-state index is -3.38. The molecule has 0 fully saturated rings. The van der Waals surface area contributed by atoms with Gasteiger partial charge in [0.25, 0.3) is 0 Å². The Morgan fingerprint density at radius 3 is 2.46 bits per heavy atom. The van der Waals surface area contributed by atoms with Gasteiger partial charge in [0.2, 0.25) is 5.88 Å². The van der Waals surface area contributed by atoms with Crippen molar-refractivity contribution in [1.82, 2.24) is 5.43 Å². The van der Waals surface area contributed by atoms with Crippen LogP contribution in [0, 0.1) is 17.7 Å². The molecule has 0 spiro atoms. The number of aliphatic carboxylic acids is 1. The fourth-order valence-corrected chi connectivity index (χ4v) is 2.69. The summed E-state index contributed by atoms with van der Waals surface area (Å²) < 4.78 is 42.2. The average Bonchev–Trinajstić information content (AvgIpc) is 2.63. The first-order valence-corrected chi connectivity index (χ1v) is 9.49. The summed E-state index contributed by atoms with van der Waals surface area (Å²) in [5.74, 6) is 7.85. The van der Waals surface area contributed by atoms with E-state index in [2.05, 4.69) is 11.8 Å². The summed E-state index contributed by atoms with van der Waals surface area (Å²) in [6.07, 6.45) is 1.08. The molecule has 0 amide bonds. The predicted octanol–water partition coefficient (Wildman–Crippen LogP) is 0.684. The van der Waals surface area contributed by atoms with Gasteiger partial charge in [0.1, 0.15) is 11.6 Å². The van der Waals surface area contributed by atoms with E-state index in [1.807, 2.05) is 5.43 Å². The molecule has 0 saturated heterocycles. The lowest BCUT2D eigenvalue weighted by Gasteiger charge is -2.11. The number of rotatable bonds is 5. The average molecular weight is 405 g/mol. The molecule has 10 heteroatoms. The second-order valence-corrected chi connectivity index (χ2v) is 7.54. The molecule has 6 N–H and O–H groups in total. The maximum absolute atomic E-state index is 13.8. The molecule has 0 atom stereocenters. The van der Waals surface area contributed by atoms with E-state index in [9.17, 15) is 17.6 Å². The lowest BCUT2D eigenvalue weighted by Crippen LogP contribution is -2.31. The van der Waals surface area contributed by atoms with Gasteiger partial charge in [0.05, 0.1) is 4.90 Å². The molecule has 0 unspecified atom stereocenters. The predicted molar refractivity (Wildman–Crippen MR) is 98.7 cm³/mol. The molecule has 0 aliphatic heterocycles. The number of hydrogen-bond donors (Lipinski definition) is 4. The van der Waals surface area contributed by atoms with Crippen molar-refractivity contribution in [2.24, 2.45) is 11.6 Å². The third-order valence-corrected chi connectivity index (χ3v) is 4.42. The molecule has 2 aromatic rings. The van der Waals surface area contributed by atoms with Crippen LogP contribution in [0.25, 0.3) is 0 Å². The number of sulfone groups is 1. The van der Waals surface area contributed by atoms with Gasteiger partial charge < -0.3 is 15.6 Å². The van der Waals surface area contributed by atoms with Crippen LogP contribution >= 0.6 is 0 Å². The monoisotopic (exact) mass is 405 g/mol. The number of nitrogens with two attached hydrogens (primary N) is 2. The van der Waals surface area contributed by atoms with E-state index in [1.165, 1.54) is 18.2 Å². The highest BCUT2D eigenvalue weighted by atomic mass is 32.2. The van der Waals surface area contributed by atoms with Crippen molar-refractivity contribution in [3.8, 4) is 17.6 Å². The fraction of sp³-hybridized carbons (Fsp3) is 0.0556. The molecule has 0 heterocycles. The SMILES string of the molecule is CS(=O)(=O)c1cccc(C#Cc2cc(F)cc(O/C(NN)=C(/N)C(=O)O)c2)c1. The van der Waals surface area contributed by atoms with Crippen LogP contribution in [0.2, 0.25) is 0 Å². The number of halogens is 1. The van der Waals surface area contributed by atoms with Gasteiger partial charge in [-0.25, -0.2) is 23.4 Å². The van der Waals surface area contributed by atoms with E-state index in [1.54, 1.807) is 12.1 Å². The van der Waals surface area contributed by atoms with E-state index >= 15 is 0 Å². The van der Waals surface area contributed by atoms with E-state index in [0.29, 0.717) is 5.56 Å². The second-order valence-electron chi connectivity index (χ2n) is 5.52. The second kappa shape index (κ2) is 8.43. The lowest BCUT2D eigenvalue weighted by atomic mass is 10.1. The maximum Gasteiger partial charge on any atom is 0.357 e. The van der Waals surface area contributed by atoms with E-state index in [0.717, 1.165) is 18.4 Å². The van der Waals surface area contributed by atoms with Crippen molar-refractivity contribution in [2.75, 3.05) is 6.26 Å². The van der Waals surface area contributed by atoms with Gasteiger partial charge in [-0.15, -0.1) is 0 Å². The van der Waals surface area contributed by atoms with Crippen LogP contribution in [-0.4, -0.2) is 25.7 Å². The van der Waals surface area contributed by atoms with Gasteiger partial charge >= 0.3 is 5.97 Å². The van der Waals surface area contributed by atoms with E-state index < -0.39 is 33.2 Å². The molecule has 0 bridgehead atoms. The molecule has 0 aliphatic carbocycles. The van der Waals surface area contributed by atoms with Gasteiger partial charge in [0.15, 0.2) is 15.5 Å². The minimum Gasteiger partial charge on any atom is -0.476 e.